The third-order valence-corrected chi connectivity index (χ3v) is 4.01. The number of carbonyl (C=O) groups is 1. The van der Waals surface area contributed by atoms with E-state index in [1.165, 1.54) is 12.1 Å². The highest BCUT2D eigenvalue weighted by Gasteiger charge is 2.32. The van der Waals surface area contributed by atoms with Gasteiger partial charge in [-0.1, -0.05) is 36.4 Å². The maximum atomic E-state index is 10.9. The predicted octanol–water partition coefficient (Wildman–Crippen LogP) is 2.84. The Morgan fingerprint density at radius 1 is 1.09 bits per heavy atom. The van der Waals surface area contributed by atoms with Gasteiger partial charge in [-0.15, -0.1) is 0 Å². The number of aromatic nitrogens is 2. The van der Waals surface area contributed by atoms with Crippen molar-refractivity contribution in [2.75, 3.05) is 0 Å². The summed E-state index contributed by atoms with van der Waals surface area (Å²) in [7, 11) is 0. The smallest absolute Gasteiger partial charge is 0.335 e. The van der Waals surface area contributed by atoms with E-state index < -0.39 is 12.1 Å². The van der Waals surface area contributed by atoms with E-state index >= 15 is 0 Å². The number of aliphatic hydroxyl groups is 1. The number of aromatic amines is 1. The Bertz CT molecular complexity index is 881. The third kappa shape index (κ3) is 1.69. The number of nitrogens with one attached hydrogen (secondary N) is 1. The summed E-state index contributed by atoms with van der Waals surface area (Å²) in [4.78, 5) is 10.9. The van der Waals surface area contributed by atoms with Crippen molar-refractivity contribution in [2.45, 2.75) is 6.10 Å². The molecule has 3 N–H and O–H groups in total. The number of hydrogen-bond acceptors (Lipinski definition) is 3. The van der Waals surface area contributed by atoms with E-state index in [-0.39, 0.29) is 5.56 Å². The molecule has 5 heteroatoms. The highest BCUT2D eigenvalue weighted by molar-refractivity contribution is 5.89. The molecular weight excluding hydrogens is 280 g/mol. The molecule has 108 valence electrons. The molecule has 0 aliphatic heterocycles. The molecule has 0 saturated carbocycles. The summed E-state index contributed by atoms with van der Waals surface area (Å²) in [6, 6.07) is 14.1. The molecule has 1 aliphatic carbocycles. The van der Waals surface area contributed by atoms with Gasteiger partial charge in [-0.2, -0.15) is 5.10 Å². The van der Waals surface area contributed by atoms with Gasteiger partial charge in [0.2, 0.25) is 0 Å². The minimum absolute atomic E-state index is 0.222. The number of fused-ring (bicyclic) bond motifs is 3. The zero-order valence-electron chi connectivity index (χ0n) is 11.4. The van der Waals surface area contributed by atoms with Crippen LogP contribution in [-0.4, -0.2) is 26.4 Å². The first-order chi connectivity index (χ1) is 10.7. The van der Waals surface area contributed by atoms with Gasteiger partial charge >= 0.3 is 5.97 Å². The molecule has 22 heavy (non-hydrogen) atoms. The lowest BCUT2D eigenvalue weighted by Gasteiger charge is -2.07. The average molecular weight is 292 g/mol. The van der Waals surface area contributed by atoms with Crippen LogP contribution in [0.1, 0.15) is 27.6 Å². The Morgan fingerprint density at radius 3 is 2.55 bits per heavy atom. The standard InChI is InChI=1S/C17H12N2O3/c20-16-12-4-2-1-3-11(12)15-13(16)14(18-19-15)9-5-7-10(8-6-9)17(21)22/h1-8,16,20H,(H,18,19)(H,21,22). The molecule has 0 radical (unpaired) electrons. The van der Waals surface area contributed by atoms with Crippen LogP contribution in [0.3, 0.4) is 0 Å². The van der Waals surface area contributed by atoms with E-state index in [1.807, 2.05) is 24.3 Å². The molecule has 2 aromatic carbocycles. The summed E-state index contributed by atoms with van der Waals surface area (Å²) in [5, 5.41) is 26.8. The van der Waals surface area contributed by atoms with Gasteiger partial charge < -0.3 is 10.2 Å². The summed E-state index contributed by atoms with van der Waals surface area (Å²) >= 11 is 0. The summed E-state index contributed by atoms with van der Waals surface area (Å²) in [6.45, 7) is 0. The Labute approximate surface area is 125 Å². The van der Waals surface area contributed by atoms with Crippen LogP contribution in [0.5, 0.6) is 0 Å². The maximum Gasteiger partial charge on any atom is 0.335 e. The second-order valence-electron chi connectivity index (χ2n) is 5.23. The van der Waals surface area contributed by atoms with Gasteiger partial charge in [-0.05, 0) is 17.7 Å². The molecule has 0 spiro atoms. The maximum absolute atomic E-state index is 10.9. The molecule has 1 aliphatic rings. The van der Waals surface area contributed by atoms with E-state index in [4.69, 9.17) is 5.11 Å². The fourth-order valence-electron chi connectivity index (χ4n) is 2.93. The van der Waals surface area contributed by atoms with Gasteiger partial charge in [0.1, 0.15) is 6.10 Å². The fourth-order valence-corrected chi connectivity index (χ4v) is 2.93. The van der Waals surface area contributed by atoms with Crippen LogP contribution in [0.15, 0.2) is 48.5 Å². The van der Waals surface area contributed by atoms with Crippen molar-refractivity contribution in [1.82, 2.24) is 10.2 Å². The van der Waals surface area contributed by atoms with E-state index in [2.05, 4.69) is 10.2 Å². The fraction of sp³-hybridized carbons (Fsp3) is 0.0588. The van der Waals surface area contributed by atoms with Crippen LogP contribution in [-0.2, 0) is 0 Å². The SMILES string of the molecule is O=C(O)c1ccc(-c2n[nH]c3c2C(O)c2ccccc2-3)cc1. The minimum Gasteiger partial charge on any atom is -0.478 e. The van der Waals surface area contributed by atoms with Gasteiger partial charge in [-0.25, -0.2) is 4.79 Å². The monoisotopic (exact) mass is 292 g/mol. The zero-order valence-corrected chi connectivity index (χ0v) is 11.4. The molecular formula is C17H12N2O3. The normalized spacial score (nSPS) is 15.4. The molecule has 0 fully saturated rings. The van der Waals surface area contributed by atoms with Gasteiger partial charge in [-0.3, -0.25) is 5.10 Å². The van der Waals surface area contributed by atoms with Crippen LogP contribution in [0.25, 0.3) is 22.5 Å². The molecule has 0 saturated heterocycles. The summed E-state index contributed by atoms with van der Waals surface area (Å²) in [5.41, 5.74) is 5.01. The first-order valence-electron chi connectivity index (χ1n) is 6.86. The average Bonchev–Trinajstić information content (AvgIpc) is 3.09. The quantitative estimate of drug-likeness (QED) is 0.678. The number of nitrogens with zero attached hydrogens (tertiary/aromatic N) is 1. The van der Waals surface area contributed by atoms with Crippen molar-refractivity contribution in [3.63, 3.8) is 0 Å². The summed E-state index contributed by atoms with van der Waals surface area (Å²) < 4.78 is 0. The largest absolute Gasteiger partial charge is 0.478 e. The van der Waals surface area contributed by atoms with E-state index in [0.717, 1.165) is 27.9 Å². The van der Waals surface area contributed by atoms with E-state index in [9.17, 15) is 9.90 Å². The molecule has 1 heterocycles. The predicted molar refractivity (Wildman–Crippen MR) is 80.5 cm³/mol. The number of carboxylic acids is 1. The lowest BCUT2D eigenvalue weighted by Crippen LogP contribution is -1.97. The number of carboxylic acid groups (broad SMARTS) is 1. The van der Waals surface area contributed by atoms with Crippen LogP contribution in [0.4, 0.5) is 0 Å². The lowest BCUT2D eigenvalue weighted by molar-refractivity contribution is 0.0697. The van der Waals surface area contributed by atoms with Crippen molar-refractivity contribution in [3.05, 3.63) is 65.2 Å². The molecule has 1 aromatic heterocycles. The number of hydrogen-bond donors (Lipinski definition) is 3. The Morgan fingerprint density at radius 2 is 1.82 bits per heavy atom. The van der Waals surface area contributed by atoms with Gasteiger partial charge in [0.15, 0.2) is 0 Å². The van der Waals surface area contributed by atoms with Crippen molar-refractivity contribution < 1.29 is 15.0 Å². The number of H-pyrrole nitrogens is 1. The van der Waals surface area contributed by atoms with Crippen molar-refractivity contribution in [2.24, 2.45) is 0 Å². The van der Waals surface area contributed by atoms with Crippen LogP contribution in [0.2, 0.25) is 0 Å². The first kappa shape index (κ1) is 12.8. The zero-order chi connectivity index (χ0) is 15.3. The first-order valence-corrected chi connectivity index (χ1v) is 6.86. The Balaban J connectivity index is 1.84. The molecule has 0 bridgehead atoms. The second kappa shape index (κ2) is 4.54. The van der Waals surface area contributed by atoms with Crippen molar-refractivity contribution >= 4 is 5.97 Å². The second-order valence-corrected chi connectivity index (χ2v) is 5.23. The Kier molecular flexibility index (Phi) is 2.64. The number of benzene rings is 2. The van der Waals surface area contributed by atoms with Crippen LogP contribution >= 0.6 is 0 Å². The van der Waals surface area contributed by atoms with Gasteiger partial charge in [0.25, 0.3) is 0 Å². The van der Waals surface area contributed by atoms with Gasteiger partial charge in [0, 0.05) is 16.7 Å². The highest BCUT2D eigenvalue weighted by Crippen LogP contribution is 2.46. The summed E-state index contributed by atoms with van der Waals surface area (Å²) in [5.74, 6) is -0.966. The molecule has 5 nitrogen and oxygen atoms in total. The van der Waals surface area contributed by atoms with Crippen LogP contribution < -0.4 is 0 Å². The minimum atomic E-state index is -0.966. The van der Waals surface area contributed by atoms with Gasteiger partial charge in [0.05, 0.1) is 17.0 Å². The van der Waals surface area contributed by atoms with Crippen LogP contribution in [0, 0.1) is 0 Å². The number of aliphatic hydroxyl groups excluding tert-OH is 1. The Hall–Kier alpha value is -2.92. The third-order valence-electron chi connectivity index (χ3n) is 4.01. The molecule has 1 atom stereocenters. The highest BCUT2D eigenvalue weighted by atomic mass is 16.4. The molecule has 0 amide bonds. The van der Waals surface area contributed by atoms with Crippen molar-refractivity contribution in [3.8, 4) is 22.5 Å². The number of aromatic carboxylic acids is 1. The van der Waals surface area contributed by atoms with E-state index in [0.29, 0.717) is 5.69 Å². The van der Waals surface area contributed by atoms with E-state index in [1.54, 1.807) is 12.1 Å². The lowest BCUT2D eigenvalue weighted by atomic mass is 10.0. The molecule has 1 unspecified atom stereocenters. The number of rotatable bonds is 2. The molecule has 4 rings (SSSR count). The topological polar surface area (TPSA) is 86.2 Å². The van der Waals surface area contributed by atoms with Crippen molar-refractivity contribution in [1.29, 1.82) is 0 Å². The summed E-state index contributed by atoms with van der Waals surface area (Å²) in [6.07, 6.45) is -0.723. The molecule has 3 aromatic rings.